The Bertz CT molecular complexity index is 513. The minimum atomic E-state index is -0.387. The van der Waals surface area contributed by atoms with Crippen LogP contribution in [0.25, 0.3) is 0 Å². The lowest BCUT2D eigenvalue weighted by atomic mass is 9.91. The first-order valence-corrected chi connectivity index (χ1v) is 7.22. The van der Waals surface area contributed by atoms with Crippen LogP contribution in [0.15, 0.2) is 24.3 Å². The molecule has 0 radical (unpaired) electrons. The van der Waals surface area contributed by atoms with Crippen molar-refractivity contribution in [3.63, 3.8) is 0 Å². The molecule has 2 N–H and O–H groups in total. The maximum atomic E-state index is 12.4. The van der Waals surface area contributed by atoms with Gasteiger partial charge in [-0.15, -0.1) is 0 Å². The third-order valence-corrected chi connectivity index (χ3v) is 3.86. The molecular weight excluding hydrogens is 250 g/mol. The molecular formula is C16H21N3O. The van der Waals surface area contributed by atoms with Crippen molar-refractivity contribution in [2.45, 2.75) is 44.7 Å². The first kappa shape index (κ1) is 14.5. The molecule has 0 aromatic heterocycles. The summed E-state index contributed by atoms with van der Waals surface area (Å²) in [7, 11) is 0. The van der Waals surface area contributed by atoms with Crippen LogP contribution in [0.2, 0.25) is 0 Å². The van der Waals surface area contributed by atoms with Crippen molar-refractivity contribution >= 4 is 5.91 Å². The Morgan fingerprint density at radius 1 is 1.55 bits per heavy atom. The van der Waals surface area contributed by atoms with E-state index >= 15 is 0 Å². The van der Waals surface area contributed by atoms with E-state index in [2.05, 4.69) is 23.6 Å². The SMILES string of the molecule is CCCC1(C(=O)NCc2cccc(C#N)c2)CCCN1. The Morgan fingerprint density at radius 2 is 2.40 bits per heavy atom. The van der Waals surface area contributed by atoms with Gasteiger partial charge in [0.15, 0.2) is 0 Å². The van der Waals surface area contributed by atoms with Crippen LogP contribution in [0.5, 0.6) is 0 Å². The molecule has 4 nitrogen and oxygen atoms in total. The molecule has 106 valence electrons. The van der Waals surface area contributed by atoms with Crippen LogP contribution in [0.3, 0.4) is 0 Å². The van der Waals surface area contributed by atoms with E-state index in [1.54, 1.807) is 6.07 Å². The summed E-state index contributed by atoms with van der Waals surface area (Å²) in [4.78, 5) is 12.4. The molecule has 0 saturated carbocycles. The second-order valence-electron chi connectivity index (χ2n) is 5.36. The van der Waals surface area contributed by atoms with E-state index in [9.17, 15) is 4.79 Å². The van der Waals surface area contributed by atoms with E-state index in [0.717, 1.165) is 37.8 Å². The number of hydrogen-bond donors (Lipinski definition) is 2. The highest BCUT2D eigenvalue weighted by molar-refractivity contribution is 5.86. The fourth-order valence-corrected chi connectivity index (χ4v) is 2.86. The van der Waals surface area contributed by atoms with Gasteiger partial charge in [-0.2, -0.15) is 5.26 Å². The van der Waals surface area contributed by atoms with Gasteiger partial charge >= 0.3 is 0 Å². The first-order valence-electron chi connectivity index (χ1n) is 7.22. The minimum Gasteiger partial charge on any atom is -0.350 e. The molecule has 1 fully saturated rings. The minimum absolute atomic E-state index is 0.0826. The van der Waals surface area contributed by atoms with Gasteiger partial charge in [-0.3, -0.25) is 4.79 Å². The summed E-state index contributed by atoms with van der Waals surface area (Å²) >= 11 is 0. The van der Waals surface area contributed by atoms with E-state index in [1.807, 2.05) is 18.2 Å². The lowest BCUT2D eigenvalue weighted by Gasteiger charge is -2.27. The molecule has 2 rings (SSSR count). The molecule has 1 saturated heterocycles. The van der Waals surface area contributed by atoms with E-state index in [1.165, 1.54) is 0 Å². The highest BCUT2D eigenvalue weighted by atomic mass is 16.2. The van der Waals surface area contributed by atoms with Crippen LogP contribution in [0, 0.1) is 11.3 Å². The van der Waals surface area contributed by atoms with Gasteiger partial charge in [0.25, 0.3) is 0 Å². The summed E-state index contributed by atoms with van der Waals surface area (Å²) in [6.45, 7) is 3.49. The van der Waals surface area contributed by atoms with Gasteiger partial charge in [-0.1, -0.05) is 25.5 Å². The molecule has 20 heavy (non-hydrogen) atoms. The van der Waals surface area contributed by atoms with Crippen molar-refractivity contribution in [1.29, 1.82) is 5.26 Å². The first-order chi connectivity index (χ1) is 9.70. The van der Waals surface area contributed by atoms with Crippen molar-refractivity contribution < 1.29 is 4.79 Å². The van der Waals surface area contributed by atoms with Crippen molar-refractivity contribution in [2.24, 2.45) is 0 Å². The fourth-order valence-electron chi connectivity index (χ4n) is 2.86. The maximum Gasteiger partial charge on any atom is 0.240 e. The standard InChI is InChI=1S/C16H21N3O/c1-2-7-16(8-4-9-19-16)15(20)18-12-14-6-3-5-13(10-14)11-17/h3,5-6,10,19H,2,4,7-9,12H2,1H3,(H,18,20). The number of hydrogen-bond acceptors (Lipinski definition) is 3. The molecule has 1 aromatic carbocycles. The smallest absolute Gasteiger partial charge is 0.240 e. The Labute approximate surface area is 120 Å². The molecule has 1 aliphatic heterocycles. The number of rotatable bonds is 5. The molecule has 1 heterocycles. The molecule has 1 unspecified atom stereocenters. The number of nitrogens with one attached hydrogen (secondary N) is 2. The second kappa shape index (κ2) is 6.53. The topological polar surface area (TPSA) is 64.9 Å². The third kappa shape index (κ3) is 3.17. The predicted molar refractivity (Wildman–Crippen MR) is 77.9 cm³/mol. The third-order valence-electron chi connectivity index (χ3n) is 3.86. The molecule has 0 spiro atoms. The van der Waals surface area contributed by atoms with Gasteiger partial charge in [0.05, 0.1) is 17.2 Å². The van der Waals surface area contributed by atoms with E-state index in [4.69, 9.17) is 5.26 Å². The zero-order valence-corrected chi connectivity index (χ0v) is 11.9. The average Bonchev–Trinajstić information content (AvgIpc) is 2.95. The van der Waals surface area contributed by atoms with Crippen LogP contribution >= 0.6 is 0 Å². The monoisotopic (exact) mass is 271 g/mol. The van der Waals surface area contributed by atoms with Crippen molar-refractivity contribution in [3.8, 4) is 6.07 Å². The number of nitriles is 1. The number of amides is 1. The number of nitrogens with zero attached hydrogens (tertiary/aromatic N) is 1. The Kier molecular flexibility index (Phi) is 4.75. The second-order valence-corrected chi connectivity index (χ2v) is 5.36. The zero-order chi connectivity index (χ0) is 14.4. The molecule has 1 aliphatic rings. The highest BCUT2D eigenvalue weighted by Crippen LogP contribution is 2.25. The van der Waals surface area contributed by atoms with Crippen molar-refractivity contribution in [1.82, 2.24) is 10.6 Å². The largest absolute Gasteiger partial charge is 0.350 e. The van der Waals surface area contributed by atoms with Gasteiger partial charge in [-0.25, -0.2) is 0 Å². The number of carbonyl (C=O) groups excluding carboxylic acids is 1. The van der Waals surface area contributed by atoms with Gasteiger partial charge < -0.3 is 10.6 Å². The van der Waals surface area contributed by atoms with Crippen molar-refractivity contribution in [2.75, 3.05) is 6.54 Å². The molecule has 0 aliphatic carbocycles. The summed E-state index contributed by atoms with van der Waals surface area (Å²) in [6, 6.07) is 9.46. The van der Waals surface area contributed by atoms with Crippen molar-refractivity contribution in [3.05, 3.63) is 35.4 Å². The summed E-state index contributed by atoms with van der Waals surface area (Å²) in [5.41, 5.74) is 1.20. The van der Waals surface area contributed by atoms with Crippen LogP contribution in [0.1, 0.15) is 43.7 Å². The number of carbonyl (C=O) groups is 1. The van der Waals surface area contributed by atoms with E-state index < -0.39 is 0 Å². The van der Waals surface area contributed by atoms with Crippen LogP contribution in [0.4, 0.5) is 0 Å². The summed E-state index contributed by atoms with van der Waals surface area (Å²) < 4.78 is 0. The lowest BCUT2D eigenvalue weighted by Crippen LogP contribution is -2.53. The lowest BCUT2D eigenvalue weighted by molar-refractivity contribution is -0.127. The van der Waals surface area contributed by atoms with Gasteiger partial charge in [0, 0.05) is 6.54 Å². The maximum absolute atomic E-state index is 12.4. The van der Waals surface area contributed by atoms with Crippen LogP contribution in [-0.4, -0.2) is 18.0 Å². The number of benzene rings is 1. The Hall–Kier alpha value is -1.86. The molecule has 1 amide bonds. The fraction of sp³-hybridized carbons (Fsp3) is 0.500. The van der Waals surface area contributed by atoms with Gasteiger partial charge in [0.2, 0.25) is 5.91 Å². The van der Waals surface area contributed by atoms with Crippen LogP contribution in [-0.2, 0) is 11.3 Å². The van der Waals surface area contributed by atoms with Gasteiger partial charge in [0.1, 0.15) is 0 Å². The summed E-state index contributed by atoms with van der Waals surface area (Å²) in [5, 5.41) is 15.2. The molecule has 4 heteroatoms. The molecule has 1 atom stereocenters. The van der Waals surface area contributed by atoms with Crippen LogP contribution < -0.4 is 10.6 Å². The quantitative estimate of drug-likeness (QED) is 0.862. The molecule has 0 bridgehead atoms. The predicted octanol–water partition coefficient (Wildman–Crippen LogP) is 2.10. The van der Waals surface area contributed by atoms with Gasteiger partial charge in [-0.05, 0) is 43.5 Å². The van der Waals surface area contributed by atoms with E-state index in [0.29, 0.717) is 12.1 Å². The highest BCUT2D eigenvalue weighted by Gasteiger charge is 2.39. The Morgan fingerprint density at radius 3 is 3.05 bits per heavy atom. The normalized spacial score (nSPS) is 21.4. The Balaban J connectivity index is 1.98. The van der Waals surface area contributed by atoms with E-state index in [-0.39, 0.29) is 11.4 Å². The average molecular weight is 271 g/mol. The summed E-state index contributed by atoms with van der Waals surface area (Å²) in [6.07, 6.45) is 3.82. The molecule has 1 aromatic rings. The summed E-state index contributed by atoms with van der Waals surface area (Å²) in [5.74, 6) is 0.0826. The zero-order valence-electron chi connectivity index (χ0n) is 11.9.